The monoisotopic (exact) mass is 395 g/mol. The first-order chi connectivity index (χ1) is 14.2. The van der Waals surface area contributed by atoms with E-state index in [0.717, 1.165) is 35.9 Å². The summed E-state index contributed by atoms with van der Waals surface area (Å²) >= 11 is 0. The molecule has 1 aromatic carbocycles. The summed E-state index contributed by atoms with van der Waals surface area (Å²) in [6, 6.07) is 5.99. The molecule has 1 fully saturated rings. The van der Waals surface area contributed by atoms with Crippen LogP contribution in [-0.4, -0.2) is 60.0 Å². The van der Waals surface area contributed by atoms with Crippen LogP contribution in [0.4, 0.5) is 5.95 Å². The molecule has 1 unspecified atom stereocenters. The average Bonchev–Trinajstić information content (AvgIpc) is 3.28. The van der Waals surface area contributed by atoms with Crippen LogP contribution >= 0.6 is 0 Å². The number of aromatic nitrogens is 4. The van der Waals surface area contributed by atoms with Crippen LogP contribution in [-0.2, 0) is 4.74 Å². The largest absolute Gasteiger partial charge is 0.493 e. The molecule has 3 heterocycles. The van der Waals surface area contributed by atoms with E-state index in [2.05, 4.69) is 31.3 Å². The first-order valence-corrected chi connectivity index (χ1v) is 9.60. The molecule has 3 aromatic rings. The number of imidazole rings is 1. The molecule has 0 radical (unpaired) electrons. The van der Waals surface area contributed by atoms with Crippen molar-refractivity contribution in [1.29, 1.82) is 0 Å². The van der Waals surface area contributed by atoms with Gasteiger partial charge in [-0.05, 0) is 24.6 Å². The first-order valence-electron chi connectivity index (χ1n) is 9.60. The van der Waals surface area contributed by atoms with E-state index in [9.17, 15) is 0 Å². The molecule has 29 heavy (non-hydrogen) atoms. The van der Waals surface area contributed by atoms with Gasteiger partial charge in [-0.15, -0.1) is 0 Å². The SMILES string of the molecule is COc1ccc(C(C)n2cncc2-c2cnc(N3CCOCC3)nc2)cc1OC. The molecule has 0 bridgehead atoms. The summed E-state index contributed by atoms with van der Waals surface area (Å²) in [5.74, 6) is 2.15. The molecular formula is C21H25N5O3. The van der Waals surface area contributed by atoms with Crippen molar-refractivity contribution in [2.75, 3.05) is 45.4 Å². The number of anilines is 1. The second-order valence-corrected chi connectivity index (χ2v) is 6.85. The van der Waals surface area contributed by atoms with Crippen molar-refractivity contribution < 1.29 is 14.2 Å². The molecule has 152 valence electrons. The molecule has 1 aliphatic heterocycles. The van der Waals surface area contributed by atoms with E-state index in [1.165, 1.54) is 0 Å². The van der Waals surface area contributed by atoms with Crippen molar-refractivity contribution in [3.8, 4) is 22.8 Å². The summed E-state index contributed by atoms with van der Waals surface area (Å²) in [5.41, 5.74) is 2.97. The maximum Gasteiger partial charge on any atom is 0.225 e. The minimum absolute atomic E-state index is 0.0474. The van der Waals surface area contributed by atoms with Gasteiger partial charge in [-0.2, -0.15) is 0 Å². The van der Waals surface area contributed by atoms with Gasteiger partial charge in [0.05, 0.1) is 51.7 Å². The Labute approximate surface area is 170 Å². The van der Waals surface area contributed by atoms with Gasteiger partial charge in [0.2, 0.25) is 5.95 Å². The van der Waals surface area contributed by atoms with Gasteiger partial charge in [0.1, 0.15) is 0 Å². The van der Waals surface area contributed by atoms with E-state index in [-0.39, 0.29) is 6.04 Å². The third-order valence-corrected chi connectivity index (χ3v) is 5.20. The Morgan fingerprint density at radius 2 is 1.72 bits per heavy atom. The highest BCUT2D eigenvalue weighted by molar-refractivity contribution is 5.58. The lowest BCUT2D eigenvalue weighted by Gasteiger charge is -2.26. The van der Waals surface area contributed by atoms with Crippen molar-refractivity contribution in [3.63, 3.8) is 0 Å². The maximum absolute atomic E-state index is 5.45. The molecule has 2 aromatic heterocycles. The predicted molar refractivity (Wildman–Crippen MR) is 110 cm³/mol. The summed E-state index contributed by atoms with van der Waals surface area (Å²) in [4.78, 5) is 15.6. The number of hydrogen-bond donors (Lipinski definition) is 0. The van der Waals surface area contributed by atoms with Crippen LogP contribution in [0.2, 0.25) is 0 Å². The fourth-order valence-electron chi connectivity index (χ4n) is 3.49. The molecule has 1 atom stereocenters. The predicted octanol–water partition coefficient (Wildman–Crippen LogP) is 2.80. The van der Waals surface area contributed by atoms with Gasteiger partial charge in [0.15, 0.2) is 11.5 Å². The molecule has 0 N–H and O–H groups in total. The van der Waals surface area contributed by atoms with Crippen molar-refractivity contribution >= 4 is 5.95 Å². The smallest absolute Gasteiger partial charge is 0.225 e. The molecule has 0 saturated carbocycles. The van der Waals surface area contributed by atoms with E-state index in [4.69, 9.17) is 14.2 Å². The van der Waals surface area contributed by atoms with Gasteiger partial charge in [-0.1, -0.05) is 6.07 Å². The van der Waals surface area contributed by atoms with Crippen LogP contribution in [0.25, 0.3) is 11.3 Å². The Balaban J connectivity index is 1.59. The molecular weight excluding hydrogens is 370 g/mol. The van der Waals surface area contributed by atoms with E-state index < -0.39 is 0 Å². The Kier molecular flexibility index (Phi) is 5.62. The number of nitrogens with zero attached hydrogens (tertiary/aromatic N) is 5. The fraction of sp³-hybridized carbons (Fsp3) is 0.381. The van der Waals surface area contributed by atoms with Crippen LogP contribution in [0.3, 0.4) is 0 Å². The van der Waals surface area contributed by atoms with Gasteiger partial charge in [-0.25, -0.2) is 15.0 Å². The molecule has 1 aliphatic rings. The lowest BCUT2D eigenvalue weighted by Crippen LogP contribution is -2.37. The molecule has 8 nitrogen and oxygen atoms in total. The summed E-state index contributed by atoms with van der Waals surface area (Å²) in [7, 11) is 3.28. The lowest BCUT2D eigenvalue weighted by molar-refractivity contribution is 0.122. The quantitative estimate of drug-likeness (QED) is 0.635. The highest BCUT2D eigenvalue weighted by Crippen LogP contribution is 2.33. The molecule has 0 aliphatic carbocycles. The lowest BCUT2D eigenvalue weighted by atomic mass is 10.1. The first kappa shape index (κ1) is 19.2. The Morgan fingerprint density at radius 1 is 1.00 bits per heavy atom. The van der Waals surface area contributed by atoms with Gasteiger partial charge < -0.3 is 23.7 Å². The van der Waals surface area contributed by atoms with Crippen molar-refractivity contribution in [2.45, 2.75) is 13.0 Å². The standard InChI is InChI=1S/C21H25N5O3/c1-15(16-4-5-19(27-2)20(10-16)28-3)26-14-22-13-18(26)17-11-23-21(24-12-17)25-6-8-29-9-7-25/h4-5,10-15H,6-9H2,1-3H3. The number of methoxy groups -OCH3 is 2. The molecule has 0 spiro atoms. The molecule has 0 amide bonds. The zero-order valence-electron chi connectivity index (χ0n) is 16.9. The van der Waals surface area contributed by atoms with Crippen LogP contribution in [0.1, 0.15) is 18.5 Å². The highest BCUT2D eigenvalue weighted by atomic mass is 16.5. The number of morpholine rings is 1. The maximum atomic E-state index is 5.45. The topological polar surface area (TPSA) is 74.5 Å². The molecule has 8 heteroatoms. The second-order valence-electron chi connectivity index (χ2n) is 6.85. The van der Waals surface area contributed by atoms with Crippen LogP contribution in [0, 0.1) is 0 Å². The fourth-order valence-corrected chi connectivity index (χ4v) is 3.49. The van der Waals surface area contributed by atoms with Gasteiger partial charge in [0.25, 0.3) is 0 Å². The summed E-state index contributed by atoms with van der Waals surface area (Å²) in [5, 5.41) is 0. The summed E-state index contributed by atoms with van der Waals surface area (Å²) < 4.78 is 18.3. The van der Waals surface area contributed by atoms with Gasteiger partial charge in [-0.3, -0.25) is 0 Å². The highest BCUT2D eigenvalue weighted by Gasteiger charge is 2.17. The van der Waals surface area contributed by atoms with Crippen molar-refractivity contribution in [3.05, 3.63) is 48.7 Å². The van der Waals surface area contributed by atoms with Gasteiger partial charge >= 0.3 is 0 Å². The Bertz CT molecular complexity index is 951. The third-order valence-electron chi connectivity index (χ3n) is 5.20. The van der Waals surface area contributed by atoms with Gasteiger partial charge in [0, 0.05) is 31.0 Å². The Hall–Kier alpha value is -3.13. The Morgan fingerprint density at radius 3 is 2.41 bits per heavy atom. The van der Waals surface area contributed by atoms with E-state index in [1.807, 2.05) is 43.1 Å². The number of hydrogen-bond acceptors (Lipinski definition) is 7. The van der Waals surface area contributed by atoms with Crippen LogP contribution < -0.4 is 14.4 Å². The van der Waals surface area contributed by atoms with Crippen LogP contribution in [0.5, 0.6) is 11.5 Å². The normalized spacial score (nSPS) is 15.2. The molecule has 4 rings (SSSR count). The zero-order chi connectivity index (χ0) is 20.2. The second kappa shape index (κ2) is 8.48. The zero-order valence-corrected chi connectivity index (χ0v) is 16.9. The average molecular weight is 395 g/mol. The summed E-state index contributed by atoms with van der Waals surface area (Å²) in [6.45, 7) is 5.16. The van der Waals surface area contributed by atoms with Crippen molar-refractivity contribution in [1.82, 2.24) is 19.5 Å². The van der Waals surface area contributed by atoms with Crippen molar-refractivity contribution in [2.24, 2.45) is 0 Å². The third kappa shape index (κ3) is 3.88. The summed E-state index contributed by atoms with van der Waals surface area (Å²) in [6.07, 6.45) is 7.37. The minimum Gasteiger partial charge on any atom is -0.493 e. The molecule has 1 saturated heterocycles. The number of rotatable bonds is 6. The number of ether oxygens (including phenoxy) is 3. The number of benzene rings is 1. The minimum atomic E-state index is 0.0474. The van der Waals surface area contributed by atoms with E-state index in [0.29, 0.717) is 24.7 Å². The van der Waals surface area contributed by atoms with E-state index >= 15 is 0 Å². The van der Waals surface area contributed by atoms with E-state index in [1.54, 1.807) is 14.2 Å². The van der Waals surface area contributed by atoms with Crippen LogP contribution in [0.15, 0.2) is 43.1 Å².